The summed E-state index contributed by atoms with van der Waals surface area (Å²) >= 11 is 0. The smallest absolute Gasteiger partial charge is 0.320 e. The number of amides is 2. The number of hydrogen-bond donors (Lipinski definition) is 3. The summed E-state index contributed by atoms with van der Waals surface area (Å²) in [6.45, 7) is 3.79. The molecule has 33 heavy (non-hydrogen) atoms. The average molecular weight is 452 g/mol. The highest BCUT2D eigenvalue weighted by Crippen LogP contribution is 2.22. The lowest BCUT2D eigenvalue weighted by molar-refractivity contribution is 0.182. The van der Waals surface area contributed by atoms with Gasteiger partial charge in [0.15, 0.2) is 17.3 Å². The van der Waals surface area contributed by atoms with Crippen molar-refractivity contribution in [3.8, 4) is 17.0 Å². The molecule has 12 heteroatoms. The Hall–Kier alpha value is -4.06. The zero-order valence-electron chi connectivity index (χ0n) is 18.4. The Bertz CT molecular complexity index is 1270. The molecule has 4 rings (SSSR count). The fraction of sp³-hybridized carbons (Fsp3) is 0.333. The molecule has 172 valence electrons. The number of nitrogens with zero attached hydrogens (tertiary/aromatic N) is 6. The molecular formula is C21H24N8O4. The van der Waals surface area contributed by atoms with Crippen molar-refractivity contribution in [3.63, 3.8) is 0 Å². The van der Waals surface area contributed by atoms with Crippen LogP contribution in [-0.4, -0.2) is 61.1 Å². The number of rotatable bonds is 8. The first-order valence-corrected chi connectivity index (χ1v) is 10.2. The number of aliphatic hydroxyl groups is 1. The number of pyridine rings is 1. The van der Waals surface area contributed by atoms with Crippen LogP contribution in [0.1, 0.15) is 25.6 Å². The Kier molecular flexibility index (Phi) is 6.18. The third-order valence-corrected chi connectivity index (χ3v) is 4.88. The average Bonchev–Trinajstić information content (AvgIpc) is 3.45. The van der Waals surface area contributed by atoms with Gasteiger partial charge in [-0.2, -0.15) is 10.1 Å². The first kappa shape index (κ1) is 22.1. The summed E-state index contributed by atoms with van der Waals surface area (Å²) in [5.41, 5.74) is 1.45. The molecular weight excluding hydrogens is 428 g/mol. The highest BCUT2D eigenvalue weighted by molar-refractivity contribution is 5.88. The highest BCUT2D eigenvalue weighted by atomic mass is 16.5. The minimum Gasteiger partial charge on any atom is -0.495 e. The van der Waals surface area contributed by atoms with Crippen molar-refractivity contribution in [2.45, 2.75) is 25.7 Å². The number of carbonyl (C=O) groups excluding carboxylic acids is 1. The summed E-state index contributed by atoms with van der Waals surface area (Å²) in [6.07, 6.45) is 5.31. The fourth-order valence-electron chi connectivity index (χ4n) is 2.91. The van der Waals surface area contributed by atoms with Crippen molar-refractivity contribution >= 4 is 17.5 Å². The van der Waals surface area contributed by atoms with Crippen LogP contribution < -0.4 is 15.4 Å². The molecule has 0 unspecified atom stereocenters. The number of nitrogens with one attached hydrogen (secondary N) is 2. The van der Waals surface area contributed by atoms with E-state index in [0.717, 1.165) is 5.56 Å². The van der Waals surface area contributed by atoms with Gasteiger partial charge in [-0.25, -0.2) is 14.3 Å². The third kappa shape index (κ3) is 5.06. The van der Waals surface area contributed by atoms with E-state index in [0.29, 0.717) is 47.6 Å². The summed E-state index contributed by atoms with van der Waals surface area (Å²) in [5.74, 6) is 1.79. The molecule has 0 bridgehead atoms. The molecule has 0 spiro atoms. The lowest BCUT2D eigenvalue weighted by atomic mass is 9.95. The molecule has 0 radical (unpaired) electrons. The molecule has 0 aromatic carbocycles. The maximum Gasteiger partial charge on any atom is 0.320 e. The first-order chi connectivity index (χ1) is 15.9. The molecule has 4 heterocycles. The van der Waals surface area contributed by atoms with Crippen molar-refractivity contribution in [1.82, 2.24) is 35.0 Å². The van der Waals surface area contributed by atoms with E-state index in [1.807, 2.05) is 12.1 Å². The lowest BCUT2D eigenvalue weighted by Crippen LogP contribution is -2.30. The Labute approximate surface area is 189 Å². The lowest BCUT2D eigenvalue weighted by Gasteiger charge is -2.14. The second-order valence-electron chi connectivity index (χ2n) is 7.95. The minimum absolute atomic E-state index is 0.110. The molecule has 0 atom stereocenters. The van der Waals surface area contributed by atoms with Gasteiger partial charge in [0.05, 0.1) is 37.2 Å². The summed E-state index contributed by atoms with van der Waals surface area (Å²) in [7, 11) is 1.58. The number of fused-ring (bicyclic) bond motifs is 1. The van der Waals surface area contributed by atoms with E-state index in [2.05, 4.69) is 35.8 Å². The van der Waals surface area contributed by atoms with Crippen molar-refractivity contribution < 1.29 is 19.2 Å². The minimum atomic E-state index is -0.615. The Morgan fingerprint density at radius 3 is 2.91 bits per heavy atom. The van der Waals surface area contributed by atoms with Gasteiger partial charge in [-0.3, -0.25) is 10.3 Å². The van der Waals surface area contributed by atoms with Crippen LogP contribution in [0.4, 0.5) is 10.6 Å². The maximum atomic E-state index is 12.2. The van der Waals surface area contributed by atoms with E-state index < -0.39 is 11.4 Å². The topological polar surface area (TPSA) is 153 Å². The number of anilines is 1. The predicted octanol–water partition coefficient (Wildman–Crippen LogP) is 1.82. The Balaban J connectivity index is 1.35. The van der Waals surface area contributed by atoms with E-state index in [1.54, 1.807) is 50.1 Å². The zero-order valence-corrected chi connectivity index (χ0v) is 18.4. The first-order valence-electron chi connectivity index (χ1n) is 10.2. The van der Waals surface area contributed by atoms with E-state index in [9.17, 15) is 9.90 Å². The molecule has 12 nitrogen and oxygen atoms in total. The maximum absolute atomic E-state index is 12.2. The number of carbonyl (C=O) groups is 1. The summed E-state index contributed by atoms with van der Waals surface area (Å²) in [4.78, 5) is 25.0. The van der Waals surface area contributed by atoms with Crippen molar-refractivity contribution in [1.29, 1.82) is 0 Å². The number of urea groups is 1. The number of aliphatic hydroxyl groups excluding tert-OH is 1. The quantitative estimate of drug-likeness (QED) is 0.363. The van der Waals surface area contributed by atoms with Gasteiger partial charge in [0, 0.05) is 24.7 Å². The highest BCUT2D eigenvalue weighted by Gasteiger charge is 2.26. The Morgan fingerprint density at radius 1 is 1.27 bits per heavy atom. The molecule has 4 aromatic rings. The molecule has 4 aromatic heterocycles. The second kappa shape index (κ2) is 9.20. The van der Waals surface area contributed by atoms with Gasteiger partial charge in [0.2, 0.25) is 5.89 Å². The Morgan fingerprint density at radius 2 is 2.12 bits per heavy atom. The summed E-state index contributed by atoms with van der Waals surface area (Å²) in [6, 6.07) is 5.03. The van der Waals surface area contributed by atoms with Gasteiger partial charge in [-0.15, -0.1) is 0 Å². The van der Waals surface area contributed by atoms with Gasteiger partial charge in [0.25, 0.3) is 0 Å². The van der Waals surface area contributed by atoms with Crippen LogP contribution in [0.5, 0.6) is 5.75 Å². The summed E-state index contributed by atoms with van der Waals surface area (Å²) in [5, 5.41) is 23.2. The van der Waals surface area contributed by atoms with Crippen LogP contribution in [0.2, 0.25) is 0 Å². The van der Waals surface area contributed by atoms with Crippen LogP contribution in [0.15, 0.2) is 41.3 Å². The molecule has 0 aliphatic rings. The third-order valence-electron chi connectivity index (χ3n) is 4.88. The van der Waals surface area contributed by atoms with Gasteiger partial charge < -0.3 is 19.7 Å². The van der Waals surface area contributed by atoms with Crippen LogP contribution in [0, 0.1) is 0 Å². The SMILES string of the molecule is COc1cncc(-c2ccc3nc(NC(=O)NCCc4noc(C(C)(C)CO)n4)cn3n2)c1. The predicted molar refractivity (Wildman–Crippen MR) is 118 cm³/mol. The largest absolute Gasteiger partial charge is 0.495 e. The van der Waals surface area contributed by atoms with Crippen LogP contribution in [0.3, 0.4) is 0 Å². The van der Waals surface area contributed by atoms with Gasteiger partial charge >= 0.3 is 6.03 Å². The number of aromatic nitrogens is 6. The summed E-state index contributed by atoms with van der Waals surface area (Å²) < 4.78 is 12.0. The van der Waals surface area contributed by atoms with E-state index in [1.165, 1.54) is 0 Å². The van der Waals surface area contributed by atoms with Gasteiger partial charge in [-0.05, 0) is 32.0 Å². The van der Waals surface area contributed by atoms with Crippen LogP contribution in [-0.2, 0) is 11.8 Å². The standard InChI is InChI=1S/C21H24N8O4/c1-21(2,12-30)19-25-16(28-33-19)6-7-23-20(31)26-17-11-29-18(24-17)5-4-15(27-29)13-8-14(32-3)10-22-9-13/h4-5,8-11,30H,6-7,12H2,1-3H3,(H2,23,26,31). The van der Waals surface area contributed by atoms with Crippen molar-refractivity contribution in [3.05, 3.63) is 48.5 Å². The van der Waals surface area contributed by atoms with E-state index >= 15 is 0 Å². The number of ether oxygens (including phenoxy) is 1. The fourth-order valence-corrected chi connectivity index (χ4v) is 2.91. The normalized spacial score (nSPS) is 11.5. The monoisotopic (exact) mass is 452 g/mol. The second-order valence-corrected chi connectivity index (χ2v) is 7.95. The van der Waals surface area contributed by atoms with E-state index in [4.69, 9.17) is 9.26 Å². The molecule has 0 saturated carbocycles. The van der Waals surface area contributed by atoms with Crippen molar-refractivity contribution in [2.75, 3.05) is 25.6 Å². The van der Waals surface area contributed by atoms with Crippen LogP contribution in [0.25, 0.3) is 16.9 Å². The molecule has 0 saturated heterocycles. The molecule has 2 amide bonds. The number of methoxy groups -OCH3 is 1. The van der Waals surface area contributed by atoms with Crippen LogP contribution >= 0.6 is 0 Å². The zero-order chi connectivity index (χ0) is 23.4. The number of imidazole rings is 1. The van der Waals surface area contributed by atoms with Crippen molar-refractivity contribution in [2.24, 2.45) is 0 Å². The molecule has 0 aliphatic carbocycles. The molecule has 3 N–H and O–H groups in total. The van der Waals surface area contributed by atoms with Gasteiger partial charge in [0.1, 0.15) is 5.75 Å². The molecule has 0 aliphatic heterocycles. The van der Waals surface area contributed by atoms with Gasteiger partial charge in [-0.1, -0.05) is 5.16 Å². The van der Waals surface area contributed by atoms with E-state index in [-0.39, 0.29) is 6.61 Å². The number of hydrogen-bond acceptors (Lipinski definition) is 9. The molecule has 0 fully saturated rings.